The third-order valence-electron chi connectivity index (χ3n) is 3.38. The standard InChI is InChI=1S/C15H24O3/c1-3-4-5-6-7-8-9-12-10-13(16)11(2)14(17)15(12)18/h10,16-18H,3-9H2,1-2H3. The number of phenols is 3. The second kappa shape index (κ2) is 7.14. The highest BCUT2D eigenvalue weighted by atomic mass is 16.3. The summed E-state index contributed by atoms with van der Waals surface area (Å²) >= 11 is 0. The first-order valence-electron chi connectivity index (χ1n) is 6.81. The lowest BCUT2D eigenvalue weighted by atomic mass is 10.0. The van der Waals surface area contributed by atoms with Crippen LogP contribution in [0.1, 0.15) is 56.6 Å². The summed E-state index contributed by atoms with van der Waals surface area (Å²) in [5, 5.41) is 29.0. The first kappa shape index (κ1) is 14.7. The Hall–Kier alpha value is -1.38. The Kier molecular flexibility index (Phi) is 5.83. The smallest absolute Gasteiger partial charge is 0.164 e. The molecule has 102 valence electrons. The van der Waals surface area contributed by atoms with Crippen molar-refractivity contribution in [2.75, 3.05) is 0 Å². The third-order valence-corrected chi connectivity index (χ3v) is 3.38. The molecule has 3 nitrogen and oxygen atoms in total. The van der Waals surface area contributed by atoms with Crippen molar-refractivity contribution in [1.82, 2.24) is 0 Å². The topological polar surface area (TPSA) is 60.7 Å². The Morgan fingerprint density at radius 1 is 0.889 bits per heavy atom. The fraction of sp³-hybridized carbons (Fsp3) is 0.600. The average molecular weight is 252 g/mol. The van der Waals surface area contributed by atoms with Gasteiger partial charge in [0.25, 0.3) is 0 Å². The molecular formula is C15H24O3. The van der Waals surface area contributed by atoms with Crippen LogP contribution in [0.15, 0.2) is 6.07 Å². The summed E-state index contributed by atoms with van der Waals surface area (Å²) in [5.41, 5.74) is 0.963. The fourth-order valence-electron chi connectivity index (χ4n) is 2.08. The Morgan fingerprint density at radius 3 is 2.17 bits per heavy atom. The van der Waals surface area contributed by atoms with E-state index >= 15 is 0 Å². The Morgan fingerprint density at radius 2 is 1.50 bits per heavy atom. The number of unbranched alkanes of at least 4 members (excludes halogenated alkanes) is 5. The van der Waals surface area contributed by atoms with Crippen LogP contribution in [0.5, 0.6) is 17.2 Å². The molecule has 0 saturated carbocycles. The lowest BCUT2D eigenvalue weighted by molar-refractivity contribution is 0.387. The zero-order valence-electron chi connectivity index (χ0n) is 11.4. The molecule has 0 aliphatic carbocycles. The minimum atomic E-state index is -0.198. The number of aryl methyl sites for hydroxylation is 1. The monoisotopic (exact) mass is 252 g/mol. The normalized spacial score (nSPS) is 10.8. The van der Waals surface area contributed by atoms with Gasteiger partial charge in [-0.1, -0.05) is 39.0 Å². The molecule has 18 heavy (non-hydrogen) atoms. The second-order valence-electron chi connectivity index (χ2n) is 4.89. The van der Waals surface area contributed by atoms with E-state index in [0.29, 0.717) is 17.5 Å². The lowest BCUT2D eigenvalue weighted by Crippen LogP contribution is -1.90. The maximum absolute atomic E-state index is 9.78. The minimum Gasteiger partial charge on any atom is -0.508 e. The number of rotatable bonds is 7. The SMILES string of the molecule is CCCCCCCCc1cc(O)c(C)c(O)c1O. The summed E-state index contributed by atoms with van der Waals surface area (Å²) in [6.07, 6.45) is 7.76. The van der Waals surface area contributed by atoms with Gasteiger partial charge in [-0.2, -0.15) is 0 Å². The van der Waals surface area contributed by atoms with Gasteiger partial charge in [-0.3, -0.25) is 0 Å². The summed E-state index contributed by atoms with van der Waals surface area (Å²) in [5.74, 6) is -0.235. The molecule has 0 unspecified atom stereocenters. The van der Waals surface area contributed by atoms with E-state index in [0.717, 1.165) is 12.8 Å². The van der Waals surface area contributed by atoms with Gasteiger partial charge in [0.2, 0.25) is 0 Å². The molecule has 3 N–H and O–H groups in total. The zero-order chi connectivity index (χ0) is 13.5. The summed E-state index contributed by atoms with van der Waals surface area (Å²) in [4.78, 5) is 0. The summed E-state index contributed by atoms with van der Waals surface area (Å²) in [6.45, 7) is 3.77. The molecule has 0 aromatic heterocycles. The largest absolute Gasteiger partial charge is 0.508 e. The van der Waals surface area contributed by atoms with Crippen LogP contribution in [0.3, 0.4) is 0 Å². The first-order chi connectivity index (χ1) is 8.57. The van der Waals surface area contributed by atoms with Crippen LogP contribution in [0, 0.1) is 6.92 Å². The number of aromatic hydroxyl groups is 3. The summed E-state index contributed by atoms with van der Waals surface area (Å²) in [6, 6.07) is 1.55. The van der Waals surface area contributed by atoms with Crippen LogP contribution >= 0.6 is 0 Å². The Balaban J connectivity index is 2.48. The van der Waals surface area contributed by atoms with E-state index in [9.17, 15) is 15.3 Å². The van der Waals surface area contributed by atoms with Gasteiger partial charge in [0.1, 0.15) is 5.75 Å². The number of phenolic OH excluding ortho intramolecular Hbond substituents is 3. The van der Waals surface area contributed by atoms with Crippen molar-refractivity contribution in [2.24, 2.45) is 0 Å². The van der Waals surface area contributed by atoms with Crippen molar-refractivity contribution >= 4 is 0 Å². The molecule has 1 aromatic rings. The maximum Gasteiger partial charge on any atom is 0.164 e. The van der Waals surface area contributed by atoms with Gasteiger partial charge in [-0.05, 0) is 25.8 Å². The van der Waals surface area contributed by atoms with Crippen molar-refractivity contribution < 1.29 is 15.3 Å². The molecular weight excluding hydrogens is 228 g/mol. The number of benzene rings is 1. The van der Waals surface area contributed by atoms with E-state index < -0.39 is 0 Å². The molecule has 1 aromatic carbocycles. The molecule has 0 fully saturated rings. The van der Waals surface area contributed by atoms with Gasteiger partial charge >= 0.3 is 0 Å². The number of hydrogen-bond donors (Lipinski definition) is 3. The summed E-state index contributed by atoms with van der Waals surface area (Å²) in [7, 11) is 0. The van der Waals surface area contributed by atoms with Crippen molar-refractivity contribution in [3.63, 3.8) is 0 Å². The highest BCUT2D eigenvalue weighted by Crippen LogP contribution is 2.38. The van der Waals surface area contributed by atoms with Crippen LogP contribution in [0.2, 0.25) is 0 Å². The highest BCUT2D eigenvalue weighted by Gasteiger charge is 2.13. The van der Waals surface area contributed by atoms with Crippen LogP contribution in [-0.2, 0) is 6.42 Å². The Labute approximate surface area is 109 Å². The van der Waals surface area contributed by atoms with Crippen molar-refractivity contribution in [3.05, 3.63) is 17.2 Å². The van der Waals surface area contributed by atoms with E-state index in [4.69, 9.17) is 0 Å². The molecule has 0 heterocycles. The maximum atomic E-state index is 9.78. The number of hydrogen-bond acceptors (Lipinski definition) is 3. The van der Waals surface area contributed by atoms with Gasteiger partial charge < -0.3 is 15.3 Å². The molecule has 0 saturated heterocycles. The van der Waals surface area contributed by atoms with E-state index in [1.165, 1.54) is 25.7 Å². The molecule has 0 aliphatic heterocycles. The van der Waals surface area contributed by atoms with E-state index in [2.05, 4.69) is 6.92 Å². The van der Waals surface area contributed by atoms with E-state index in [-0.39, 0.29) is 17.2 Å². The molecule has 1 rings (SSSR count). The van der Waals surface area contributed by atoms with Crippen LogP contribution in [0.4, 0.5) is 0 Å². The third kappa shape index (κ3) is 3.83. The summed E-state index contributed by atoms with van der Waals surface area (Å²) < 4.78 is 0. The molecule has 0 radical (unpaired) electrons. The van der Waals surface area contributed by atoms with Crippen LogP contribution < -0.4 is 0 Å². The highest BCUT2D eigenvalue weighted by molar-refractivity contribution is 5.55. The van der Waals surface area contributed by atoms with Crippen LogP contribution in [0.25, 0.3) is 0 Å². The van der Waals surface area contributed by atoms with E-state index in [1.54, 1.807) is 13.0 Å². The van der Waals surface area contributed by atoms with E-state index in [1.807, 2.05) is 0 Å². The van der Waals surface area contributed by atoms with Crippen LogP contribution in [-0.4, -0.2) is 15.3 Å². The van der Waals surface area contributed by atoms with Gasteiger partial charge in [-0.15, -0.1) is 0 Å². The predicted octanol–water partition coefficient (Wildman–Crippen LogP) is 4.01. The van der Waals surface area contributed by atoms with Gasteiger partial charge in [-0.25, -0.2) is 0 Å². The molecule has 0 aliphatic rings. The lowest BCUT2D eigenvalue weighted by Gasteiger charge is -2.10. The van der Waals surface area contributed by atoms with Crippen molar-refractivity contribution in [2.45, 2.75) is 58.8 Å². The van der Waals surface area contributed by atoms with Crippen molar-refractivity contribution in [3.8, 4) is 17.2 Å². The molecule has 0 amide bonds. The molecule has 0 spiro atoms. The van der Waals surface area contributed by atoms with Gasteiger partial charge in [0.05, 0.1) is 0 Å². The molecule has 0 bridgehead atoms. The first-order valence-corrected chi connectivity index (χ1v) is 6.81. The van der Waals surface area contributed by atoms with Gasteiger partial charge in [0.15, 0.2) is 11.5 Å². The molecule has 3 heteroatoms. The fourth-order valence-corrected chi connectivity index (χ4v) is 2.08. The predicted molar refractivity (Wildman–Crippen MR) is 73.3 cm³/mol. The molecule has 0 atom stereocenters. The quantitative estimate of drug-likeness (QED) is 0.390. The Bertz CT molecular complexity index is 386. The van der Waals surface area contributed by atoms with Gasteiger partial charge in [0, 0.05) is 11.1 Å². The minimum absolute atomic E-state index is 0.0475. The second-order valence-corrected chi connectivity index (χ2v) is 4.89. The average Bonchev–Trinajstić information content (AvgIpc) is 2.37. The van der Waals surface area contributed by atoms with Crippen molar-refractivity contribution in [1.29, 1.82) is 0 Å². The zero-order valence-corrected chi connectivity index (χ0v) is 11.4.